The van der Waals surface area contributed by atoms with E-state index < -0.39 is 8.32 Å². The molecule has 0 aliphatic rings. The van der Waals surface area contributed by atoms with E-state index in [2.05, 4.69) is 19.6 Å². The molecule has 0 amide bonds. The Balaban J connectivity index is 3.99. The molecule has 0 bridgehead atoms. The molecule has 0 saturated carbocycles. The van der Waals surface area contributed by atoms with Crippen LogP contribution in [0.4, 0.5) is 0 Å². The lowest BCUT2D eigenvalue weighted by Gasteiger charge is -2.19. The minimum Gasteiger partial charge on any atom is -0.518 e. The van der Waals surface area contributed by atoms with E-state index in [0.29, 0.717) is 12.6 Å². The van der Waals surface area contributed by atoms with Crippen molar-refractivity contribution >= 4 is 8.32 Å². The number of rotatable bonds is 6. The molecule has 0 saturated heterocycles. The molecule has 82 valence electrons. The Hall–Kier alpha value is -0.903. The molecule has 0 radical (unpaired) electrons. The summed E-state index contributed by atoms with van der Waals surface area (Å²) >= 11 is 0. The molecule has 0 aliphatic heterocycles. The molecule has 0 fully saturated rings. The number of hydrogen-bond donors (Lipinski definition) is 0. The lowest BCUT2D eigenvalue weighted by molar-refractivity contribution is 0.122. The first-order valence-electron chi connectivity index (χ1n) is 4.65. The van der Waals surface area contributed by atoms with Crippen LogP contribution >= 0.6 is 0 Å². The van der Waals surface area contributed by atoms with E-state index in [1.807, 2.05) is 19.1 Å². The maximum atomic E-state index is 5.60. The highest BCUT2D eigenvalue weighted by Crippen LogP contribution is 2.10. The third-order valence-corrected chi connectivity index (χ3v) is 2.03. The van der Waals surface area contributed by atoms with Gasteiger partial charge in [-0.2, -0.15) is 0 Å². The number of methoxy groups -OCH3 is 1. The van der Waals surface area contributed by atoms with E-state index in [-0.39, 0.29) is 0 Å². The van der Waals surface area contributed by atoms with Crippen molar-refractivity contribution in [3.63, 3.8) is 0 Å². The van der Waals surface area contributed by atoms with Crippen LogP contribution in [0.2, 0.25) is 19.6 Å². The average molecular weight is 216 g/mol. The number of hydrogen-bond acceptors (Lipinski definition) is 3. The monoisotopic (exact) mass is 216 g/mol. The van der Waals surface area contributed by atoms with Crippen molar-refractivity contribution in [2.24, 2.45) is 0 Å². The molecular weight excluding hydrogens is 196 g/mol. The summed E-state index contributed by atoms with van der Waals surface area (Å²) in [6.45, 7) is 8.75. The van der Waals surface area contributed by atoms with E-state index in [0.717, 1.165) is 0 Å². The van der Waals surface area contributed by atoms with Crippen molar-refractivity contribution in [1.82, 2.24) is 0 Å². The van der Waals surface area contributed by atoms with Gasteiger partial charge in [0.25, 0.3) is 0 Å². The van der Waals surface area contributed by atoms with E-state index in [4.69, 9.17) is 13.9 Å². The van der Waals surface area contributed by atoms with Crippen LogP contribution in [-0.4, -0.2) is 22.0 Å². The van der Waals surface area contributed by atoms with Gasteiger partial charge in [0.1, 0.15) is 6.61 Å². The van der Waals surface area contributed by atoms with Gasteiger partial charge in [0.2, 0.25) is 8.32 Å². The smallest absolute Gasteiger partial charge is 0.301 e. The van der Waals surface area contributed by atoms with Crippen LogP contribution in [0.5, 0.6) is 0 Å². The van der Waals surface area contributed by atoms with Gasteiger partial charge in [0, 0.05) is 0 Å². The second-order valence-corrected chi connectivity index (χ2v) is 8.19. The fraction of sp³-hybridized carbons (Fsp3) is 0.600. The average Bonchev–Trinajstić information content (AvgIpc) is 2.08. The fourth-order valence-electron chi connectivity index (χ4n) is 0.684. The number of ether oxygens (including phenoxy) is 2. The number of allylic oxidation sites excluding steroid dienone is 1. The van der Waals surface area contributed by atoms with Crippen molar-refractivity contribution in [2.45, 2.75) is 26.6 Å². The van der Waals surface area contributed by atoms with Crippen LogP contribution in [0.1, 0.15) is 6.92 Å². The van der Waals surface area contributed by atoms with Crippen LogP contribution in [0.25, 0.3) is 0 Å². The largest absolute Gasteiger partial charge is 0.518 e. The standard InChI is InChI=1S/C10H20O3Si/c1-6-7-8-12-9-10(11-2)13-14(3,4)5/h6-7,9H,8H2,1-5H3/b7-6+,10-9-. The molecule has 0 N–H and O–H groups in total. The lowest BCUT2D eigenvalue weighted by Crippen LogP contribution is -2.25. The Labute approximate surface area is 87.5 Å². The Bertz CT molecular complexity index is 204. The SMILES string of the molecule is C/C=C/CO/C=C(/OC)O[Si](C)(C)C. The zero-order valence-electron chi connectivity index (χ0n) is 9.66. The summed E-state index contributed by atoms with van der Waals surface area (Å²) in [5.41, 5.74) is 0. The Morgan fingerprint density at radius 1 is 1.29 bits per heavy atom. The van der Waals surface area contributed by atoms with Gasteiger partial charge >= 0.3 is 5.95 Å². The first kappa shape index (κ1) is 13.1. The fourth-order valence-corrected chi connectivity index (χ4v) is 1.42. The summed E-state index contributed by atoms with van der Waals surface area (Å²) in [7, 11) is -0.0267. The van der Waals surface area contributed by atoms with Crippen LogP contribution in [0, 0.1) is 0 Å². The van der Waals surface area contributed by atoms with Gasteiger partial charge in [-0.15, -0.1) is 0 Å². The van der Waals surface area contributed by atoms with E-state index in [1.54, 1.807) is 7.11 Å². The first-order valence-corrected chi connectivity index (χ1v) is 8.06. The highest BCUT2D eigenvalue weighted by atomic mass is 28.4. The Morgan fingerprint density at radius 3 is 2.36 bits per heavy atom. The molecule has 0 rings (SSSR count). The highest BCUT2D eigenvalue weighted by Gasteiger charge is 2.18. The minimum absolute atomic E-state index is 0.452. The minimum atomic E-state index is -1.60. The van der Waals surface area contributed by atoms with Crippen molar-refractivity contribution < 1.29 is 13.9 Å². The van der Waals surface area contributed by atoms with Crippen LogP contribution in [0.3, 0.4) is 0 Å². The summed E-state index contributed by atoms with van der Waals surface area (Å²) < 4.78 is 15.8. The van der Waals surface area contributed by atoms with Crippen molar-refractivity contribution in [1.29, 1.82) is 0 Å². The normalized spacial score (nSPS) is 13.1. The summed E-state index contributed by atoms with van der Waals surface area (Å²) in [6, 6.07) is 0. The van der Waals surface area contributed by atoms with Gasteiger partial charge in [0.05, 0.1) is 7.11 Å². The molecule has 14 heavy (non-hydrogen) atoms. The van der Waals surface area contributed by atoms with Gasteiger partial charge < -0.3 is 13.9 Å². The van der Waals surface area contributed by atoms with E-state index in [9.17, 15) is 0 Å². The van der Waals surface area contributed by atoms with Crippen molar-refractivity contribution in [2.75, 3.05) is 13.7 Å². The van der Waals surface area contributed by atoms with Crippen LogP contribution < -0.4 is 0 Å². The summed E-state index contributed by atoms with van der Waals surface area (Å²) in [4.78, 5) is 0. The third-order valence-electron chi connectivity index (χ3n) is 1.22. The van der Waals surface area contributed by atoms with Crippen LogP contribution in [-0.2, 0) is 13.9 Å². The zero-order valence-corrected chi connectivity index (χ0v) is 10.7. The Kier molecular flexibility index (Phi) is 6.11. The highest BCUT2D eigenvalue weighted by molar-refractivity contribution is 6.69. The molecule has 3 nitrogen and oxygen atoms in total. The lowest BCUT2D eigenvalue weighted by atomic mass is 10.6. The molecule has 0 unspecified atom stereocenters. The van der Waals surface area contributed by atoms with Crippen LogP contribution in [0.15, 0.2) is 24.4 Å². The van der Waals surface area contributed by atoms with E-state index >= 15 is 0 Å². The first-order chi connectivity index (χ1) is 6.49. The molecule has 0 heterocycles. The predicted molar refractivity (Wildman–Crippen MR) is 60.3 cm³/mol. The molecule has 0 spiro atoms. The van der Waals surface area contributed by atoms with Crippen molar-refractivity contribution in [3.05, 3.63) is 24.4 Å². The summed E-state index contributed by atoms with van der Waals surface area (Å²) in [5, 5.41) is 0. The van der Waals surface area contributed by atoms with E-state index in [1.165, 1.54) is 6.26 Å². The van der Waals surface area contributed by atoms with Gasteiger partial charge in [-0.1, -0.05) is 12.2 Å². The summed E-state index contributed by atoms with van der Waals surface area (Å²) in [5.74, 6) is 0.452. The van der Waals surface area contributed by atoms with Gasteiger partial charge in [-0.25, -0.2) is 0 Å². The van der Waals surface area contributed by atoms with Crippen molar-refractivity contribution in [3.8, 4) is 0 Å². The quantitative estimate of drug-likeness (QED) is 0.296. The second-order valence-electron chi connectivity index (χ2n) is 3.76. The third kappa shape index (κ3) is 7.73. The molecule has 0 aromatic rings. The Morgan fingerprint density at radius 2 is 1.93 bits per heavy atom. The van der Waals surface area contributed by atoms with Gasteiger partial charge in [-0.05, 0) is 26.6 Å². The molecule has 0 aliphatic carbocycles. The zero-order chi connectivity index (χ0) is 11.0. The van der Waals surface area contributed by atoms with Gasteiger partial charge in [0.15, 0.2) is 6.26 Å². The molecule has 0 aromatic heterocycles. The van der Waals surface area contributed by atoms with Gasteiger partial charge in [-0.3, -0.25) is 0 Å². The molecule has 0 atom stereocenters. The molecule has 0 aromatic carbocycles. The topological polar surface area (TPSA) is 27.7 Å². The maximum absolute atomic E-state index is 5.60. The second kappa shape index (κ2) is 6.54. The maximum Gasteiger partial charge on any atom is 0.301 e. The predicted octanol–water partition coefficient (Wildman–Crippen LogP) is 2.88. The summed E-state index contributed by atoms with van der Waals surface area (Å²) in [6.07, 6.45) is 5.36. The molecular formula is C10H20O3Si. The molecule has 4 heteroatoms.